The van der Waals surface area contributed by atoms with E-state index in [1.54, 1.807) is 13.2 Å². The van der Waals surface area contributed by atoms with Crippen molar-refractivity contribution in [2.24, 2.45) is 0 Å². The number of H-pyrrole nitrogens is 1. The molecule has 122 valence electrons. The molecule has 2 atom stereocenters. The molecule has 6 rings (SSSR count). The average molecular weight is 324 g/mol. The molecule has 5 heteroatoms. The first-order valence-corrected chi connectivity index (χ1v) is 8.43. The summed E-state index contributed by atoms with van der Waals surface area (Å²) in [5.41, 5.74) is 4.84. The van der Waals surface area contributed by atoms with Gasteiger partial charge in [0.2, 0.25) is 0 Å². The highest BCUT2D eigenvalue weighted by Crippen LogP contribution is 2.68. The van der Waals surface area contributed by atoms with E-state index in [4.69, 9.17) is 9.15 Å². The summed E-state index contributed by atoms with van der Waals surface area (Å²) in [6, 6.07) is 7.36. The van der Waals surface area contributed by atoms with Crippen LogP contribution in [0.3, 0.4) is 0 Å². The van der Waals surface area contributed by atoms with Crippen molar-refractivity contribution in [1.82, 2.24) is 9.88 Å². The van der Waals surface area contributed by atoms with Crippen LogP contribution >= 0.6 is 0 Å². The van der Waals surface area contributed by atoms with E-state index in [1.807, 2.05) is 6.07 Å². The van der Waals surface area contributed by atoms with Crippen molar-refractivity contribution in [1.29, 1.82) is 0 Å². The van der Waals surface area contributed by atoms with Crippen LogP contribution in [0.1, 0.15) is 34.9 Å². The molecule has 24 heavy (non-hydrogen) atoms. The van der Waals surface area contributed by atoms with Crippen LogP contribution in [-0.2, 0) is 18.5 Å². The van der Waals surface area contributed by atoms with Crippen molar-refractivity contribution < 1.29 is 13.5 Å². The molecule has 1 spiro atoms. The maximum atomic E-state index is 13.7. The van der Waals surface area contributed by atoms with E-state index in [-0.39, 0.29) is 5.54 Å². The standard InChI is InChI=1S/C19H17FN2O2/c1-23-10-2-3-14-11(6-10)18-13-8-19(13)12-7-17(20)24-16(12)4-5-22(19)9-15(18)21-14/h2-3,6-7,13,21H,4-5,8-9H2,1H3. The van der Waals surface area contributed by atoms with Crippen molar-refractivity contribution in [3.8, 4) is 5.75 Å². The molecule has 0 radical (unpaired) electrons. The number of benzene rings is 1. The van der Waals surface area contributed by atoms with Gasteiger partial charge in [-0.3, -0.25) is 4.90 Å². The third-order valence-electron chi connectivity index (χ3n) is 6.18. The van der Waals surface area contributed by atoms with Crippen LogP contribution in [0.2, 0.25) is 0 Å². The Balaban J connectivity index is 1.57. The lowest BCUT2D eigenvalue weighted by molar-refractivity contribution is 0.130. The minimum Gasteiger partial charge on any atom is -0.497 e. The maximum absolute atomic E-state index is 13.7. The zero-order valence-electron chi connectivity index (χ0n) is 13.4. The van der Waals surface area contributed by atoms with Crippen LogP contribution in [0.15, 0.2) is 28.7 Å². The van der Waals surface area contributed by atoms with Crippen LogP contribution in [-0.4, -0.2) is 23.5 Å². The SMILES string of the molecule is COc1ccc2[nH]c3c(c2c1)C1CC12c1cc(F)oc1CCN2C3. The van der Waals surface area contributed by atoms with E-state index in [9.17, 15) is 4.39 Å². The summed E-state index contributed by atoms with van der Waals surface area (Å²) in [6.45, 7) is 1.81. The molecule has 1 fully saturated rings. The lowest BCUT2D eigenvalue weighted by atomic mass is 9.88. The first-order chi connectivity index (χ1) is 11.7. The number of ether oxygens (including phenoxy) is 1. The van der Waals surface area contributed by atoms with E-state index in [2.05, 4.69) is 22.0 Å². The summed E-state index contributed by atoms with van der Waals surface area (Å²) in [6.07, 6.45) is 1.83. The number of furan rings is 1. The molecule has 2 aromatic heterocycles. The zero-order chi connectivity index (χ0) is 16.1. The van der Waals surface area contributed by atoms with Gasteiger partial charge in [0.25, 0.3) is 6.01 Å². The van der Waals surface area contributed by atoms with Gasteiger partial charge < -0.3 is 14.1 Å². The van der Waals surface area contributed by atoms with Gasteiger partial charge in [0.05, 0.1) is 12.6 Å². The Morgan fingerprint density at radius 2 is 2.29 bits per heavy atom. The Morgan fingerprint density at radius 3 is 3.17 bits per heavy atom. The number of nitrogens with one attached hydrogen (secondary N) is 1. The number of fused-ring (bicyclic) bond motifs is 5. The lowest BCUT2D eigenvalue weighted by Crippen LogP contribution is -2.43. The molecule has 1 N–H and O–H groups in total. The molecule has 1 aliphatic carbocycles. The Kier molecular flexibility index (Phi) is 2.20. The van der Waals surface area contributed by atoms with Gasteiger partial charge in [-0.05, 0) is 30.2 Å². The number of aromatic amines is 1. The van der Waals surface area contributed by atoms with Gasteiger partial charge in [0.1, 0.15) is 11.5 Å². The highest BCUT2D eigenvalue weighted by Gasteiger charge is 2.65. The van der Waals surface area contributed by atoms with Crippen LogP contribution < -0.4 is 4.74 Å². The Labute approximate surface area is 138 Å². The van der Waals surface area contributed by atoms with Crippen molar-refractivity contribution >= 4 is 10.9 Å². The number of rotatable bonds is 1. The van der Waals surface area contributed by atoms with E-state index in [1.165, 1.54) is 16.6 Å². The van der Waals surface area contributed by atoms with Crippen molar-refractivity contribution in [3.63, 3.8) is 0 Å². The zero-order valence-corrected chi connectivity index (χ0v) is 13.4. The normalized spacial score (nSPS) is 27.3. The lowest BCUT2D eigenvalue weighted by Gasteiger charge is -2.39. The van der Waals surface area contributed by atoms with E-state index >= 15 is 0 Å². The Morgan fingerprint density at radius 1 is 1.38 bits per heavy atom. The first kappa shape index (κ1) is 13.1. The number of aromatic nitrogens is 1. The minimum atomic E-state index is -0.451. The summed E-state index contributed by atoms with van der Waals surface area (Å²) in [5, 5.41) is 1.24. The molecule has 4 heterocycles. The second kappa shape index (κ2) is 4.03. The fourth-order valence-electron chi connectivity index (χ4n) is 5.10. The number of hydrogen-bond acceptors (Lipinski definition) is 3. The molecule has 2 aliphatic heterocycles. The quantitative estimate of drug-likeness (QED) is 0.743. The molecule has 4 nitrogen and oxygen atoms in total. The van der Waals surface area contributed by atoms with Crippen molar-refractivity contribution in [3.05, 3.63) is 52.9 Å². The van der Waals surface area contributed by atoms with Crippen molar-refractivity contribution in [2.45, 2.75) is 30.8 Å². The van der Waals surface area contributed by atoms with Gasteiger partial charge >= 0.3 is 0 Å². The first-order valence-electron chi connectivity index (χ1n) is 8.43. The maximum Gasteiger partial charge on any atom is 0.278 e. The van der Waals surface area contributed by atoms with Gasteiger partial charge in [-0.15, -0.1) is 0 Å². The molecule has 1 aromatic carbocycles. The number of halogens is 1. The minimum absolute atomic E-state index is 0.0629. The third-order valence-corrected chi connectivity index (χ3v) is 6.18. The summed E-state index contributed by atoms with van der Waals surface area (Å²) < 4.78 is 24.4. The Bertz CT molecular complexity index is 1000. The summed E-state index contributed by atoms with van der Waals surface area (Å²) >= 11 is 0. The van der Waals surface area contributed by atoms with Gasteiger partial charge in [0.15, 0.2) is 0 Å². The average Bonchev–Trinajstić information content (AvgIpc) is 3.03. The van der Waals surface area contributed by atoms with E-state index in [0.717, 1.165) is 48.5 Å². The van der Waals surface area contributed by atoms with Crippen LogP contribution in [0.25, 0.3) is 10.9 Å². The summed E-state index contributed by atoms with van der Waals surface area (Å²) in [5.74, 6) is 2.12. The molecule has 3 aromatic rings. The molecular weight excluding hydrogens is 307 g/mol. The van der Waals surface area contributed by atoms with Gasteiger partial charge in [-0.25, -0.2) is 0 Å². The predicted octanol–water partition coefficient (Wildman–Crippen LogP) is 3.66. The fourth-order valence-corrected chi connectivity index (χ4v) is 5.10. The second-order valence-corrected chi connectivity index (χ2v) is 7.17. The van der Waals surface area contributed by atoms with Gasteiger partial charge in [-0.2, -0.15) is 4.39 Å². The smallest absolute Gasteiger partial charge is 0.278 e. The predicted molar refractivity (Wildman–Crippen MR) is 86.7 cm³/mol. The van der Waals surface area contributed by atoms with Gasteiger partial charge in [-0.1, -0.05) is 0 Å². The topological polar surface area (TPSA) is 41.4 Å². The summed E-state index contributed by atoms with van der Waals surface area (Å²) in [4.78, 5) is 6.09. The third kappa shape index (κ3) is 1.38. The molecule has 0 saturated heterocycles. The van der Waals surface area contributed by atoms with E-state index in [0.29, 0.717) is 5.92 Å². The monoisotopic (exact) mass is 324 g/mol. The molecule has 1 saturated carbocycles. The van der Waals surface area contributed by atoms with Crippen LogP contribution in [0, 0.1) is 6.01 Å². The fraction of sp³-hybridized carbons (Fsp3) is 0.368. The number of hydrogen-bond donors (Lipinski definition) is 1. The molecule has 0 amide bonds. The molecular formula is C19H17FN2O2. The van der Waals surface area contributed by atoms with Crippen LogP contribution in [0.4, 0.5) is 4.39 Å². The van der Waals surface area contributed by atoms with Crippen LogP contribution in [0.5, 0.6) is 5.75 Å². The number of methoxy groups -OCH3 is 1. The second-order valence-electron chi connectivity index (χ2n) is 7.17. The summed E-state index contributed by atoms with van der Waals surface area (Å²) in [7, 11) is 1.70. The highest BCUT2D eigenvalue weighted by atomic mass is 19.1. The molecule has 0 bridgehead atoms. The van der Waals surface area contributed by atoms with Gasteiger partial charge in [0, 0.05) is 53.7 Å². The number of nitrogens with zero attached hydrogens (tertiary/aromatic N) is 1. The Hall–Kier alpha value is -2.27. The highest BCUT2D eigenvalue weighted by molar-refractivity contribution is 5.88. The molecule has 2 unspecified atom stereocenters. The van der Waals surface area contributed by atoms with Crippen molar-refractivity contribution in [2.75, 3.05) is 13.7 Å². The molecule has 3 aliphatic rings. The largest absolute Gasteiger partial charge is 0.497 e. The van der Waals surface area contributed by atoms with E-state index < -0.39 is 6.01 Å².